The molecule has 0 aromatic rings. The zero-order valence-corrected chi connectivity index (χ0v) is 21.3. The quantitative estimate of drug-likeness (QED) is 0.106. The fourth-order valence-corrected chi connectivity index (χ4v) is 4.68. The molecular weight excluding hydrogens is 438 g/mol. The Morgan fingerprint density at radius 3 is 1.18 bits per heavy atom. The van der Waals surface area contributed by atoms with Crippen molar-refractivity contribution in [3.63, 3.8) is 0 Å². The van der Waals surface area contributed by atoms with Crippen LogP contribution in [0.5, 0.6) is 0 Å². The van der Waals surface area contributed by atoms with E-state index in [2.05, 4.69) is 6.92 Å². The van der Waals surface area contributed by atoms with Gasteiger partial charge in [-0.25, -0.2) is 0 Å². The van der Waals surface area contributed by atoms with Gasteiger partial charge in [0.25, 0.3) is 0 Å². The Hall–Kier alpha value is -2.12. The maximum absolute atomic E-state index is 12.1. The minimum absolute atomic E-state index is 0.237. The van der Waals surface area contributed by atoms with Crippen molar-refractivity contribution in [1.82, 2.24) is 0 Å². The van der Waals surface area contributed by atoms with Gasteiger partial charge < -0.3 is 21.1 Å². The highest BCUT2D eigenvalue weighted by Crippen LogP contribution is 2.47. The molecule has 5 N–H and O–H groups in total. The van der Waals surface area contributed by atoms with Crippen molar-refractivity contribution < 1.29 is 34.5 Å². The molecule has 0 aliphatic heterocycles. The molecule has 34 heavy (non-hydrogen) atoms. The summed E-state index contributed by atoms with van der Waals surface area (Å²) in [5.74, 6) is -6.24. The number of hydrogen-bond donors (Lipinski definition) is 4. The number of carbonyl (C=O) groups is 4. The van der Waals surface area contributed by atoms with E-state index in [0.717, 1.165) is 32.6 Å². The lowest BCUT2D eigenvalue weighted by molar-refractivity contribution is -0.186. The smallest absolute Gasteiger partial charge is 0.321 e. The Balaban J connectivity index is 4.31. The molecule has 0 rings (SSSR count). The number of nitrogens with two attached hydrogens (primary N) is 1. The van der Waals surface area contributed by atoms with Gasteiger partial charge in [0.1, 0.15) is 5.41 Å². The van der Waals surface area contributed by atoms with Crippen molar-refractivity contribution in [2.24, 2.45) is 16.6 Å². The zero-order chi connectivity index (χ0) is 26.0. The number of rotatable bonds is 23. The van der Waals surface area contributed by atoms with E-state index in [4.69, 9.17) is 5.73 Å². The van der Waals surface area contributed by atoms with Crippen LogP contribution < -0.4 is 5.73 Å². The normalized spacial score (nSPS) is 13.4. The lowest BCUT2D eigenvalue weighted by Crippen LogP contribution is -2.57. The fraction of sp³-hybridized carbons (Fsp3) is 0.846. The molecule has 198 valence electrons. The minimum Gasteiger partial charge on any atom is -0.481 e. The maximum Gasteiger partial charge on any atom is 0.321 e. The molecule has 0 aliphatic carbocycles. The van der Waals surface area contributed by atoms with Gasteiger partial charge in [0.05, 0.1) is 0 Å². The molecule has 0 spiro atoms. The fourth-order valence-electron chi connectivity index (χ4n) is 4.68. The molecule has 8 heteroatoms. The highest BCUT2D eigenvalue weighted by Gasteiger charge is 2.63. The van der Waals surface area contributed by atoms with Gasteiger partial charge >= 0.3 is 17.9 Å². The van der Waals surface area contributed by atoms with Gasteiger partial charge in [0.2, 0.25) is 5.91 Å². The number of amides is 1. The SMILES string of the molecule is CCCCCCCCCCCCCCCCCCC(CC(N)=O)(C(=O)O)C(C)(C(=O)O)C(=O)O. The topological polar surface area (TPSA) is 155 Å². The summed E-state index contributed by atoms with van der Waals surface area (Å²) in [6.45, 7) is 3.08. The van der Waals surface area contributed by atoms with Crippen LogP contribution in [0.1, 0.15) is 129 Å². The molecular formula is C26H47NO7. The van der Waals surface area contributed by atoms with Gasteiger partial charge in [-0.15, -0.1) is 0 Å². The largest absolute Gasteiger partial charge is 0.481 e. The highest BCUT2D eigenvalue weighted by atomic mass is 16.4. The van der Waals surface area contributed by atoms with Crippen LogP contribution in [-0.4, -0.2) is 39.1 Å². The lowest BCUT2D eigenvalue weighted by atomic mass is 9.59. The first-order valence-corrected chi connectivity index (χ1v) is 13.0. The van der Waals surface area contributed by atoms with Crippen LogP contribution in [-0.2, 0) is 19.2 Å². The second-order valence-electron chi connectivity index (χ2n) is 9.82. The van der Waals surface area contributed by atoms with Gasteiger partial charge in [-0.2, -0.15) is 0 Å². The standard InChI is InChI=1S/C26H47NO7/c1-3-4-5-6-7-8-9-10-11-12-13-14-15-16-17-18-19-26(24(33)34,20-21(27)28)25(2,22(29)30)23(31)32/h3-20H2,1-2H3,(H2,27,28)(H,29,30)(H,31,32)(H,33,34). The number of carboxylic acids is 3. The van der Waals surface area contributed by atoms with Crippen LogP contribution in [0.3, 0.4) is 0 Å². The van der Waals surface area contributed by atoms with E-state index < -0.39 is 41.1 Å². The number of unbranched alkanes of at least 4 members (excludes halogenated alkanes) is 15. The van der Waals surface area contributed by atoms with Gasteiger partial charge in [-0.3, -0.25) is 19.2 Å². The summed E-state index contributed by atoms with van der Waals surface area (Å²) in [5.41, 5.74) is 0.224. The van der Waals surface area contributed by atoms with E-state index in [1.807, 2.05) is 0 Å². The number of carbonyl (C=O) groups excluding carboxylic acids is 1. The maximum atomic E-state index is 12.1. The van der Waals surface area contributed by atoms with Crippen molar-refractivity contribution in [3.05, 3.63) is 0 Å². The molecule has 1 amide bonds. The molecule has 0 aromatic heterocycles. The van der Waals surface area contributed by atoms with Gasteiger partial charge in [-0.1, -0.05) is 110 Å². The second-order valence-corrected chi connectivity index (χ2v) is 9.82. The molecule has 0 fully saturated rings. The molecule has 1 unspecified atom stereocenters. The Labute approximate surface area is 204 Å². The molecule has 0 saturated carbocycles. The Morgan fingerprint density at radius 1 is 0.588 bits per heavy atom. The van der Waals surface area contributed by atoms with Crippen LogP contribution >= 0.6 is 0 Å². The predicted octanol–water partition coefficient (Wildman–Crippen LogP) is 5.76. The Morgan fingerprint density at radius 2 is 0.912 bits per heavy atom. The van der Waals surface area contributed by atoms with Crippen LogP contribution in [0.15, 0.2) is 0 Å². The van der Waals surface area contributed by atoms with Crippen molar-refractivity contribution in [1.29, 1.82) is 0 Å². The third-order valence-corrected chi connectivity index (χ3v) is 7.16. The van der Waals surface area contributed by atoms with Crippen molar-refractivity contribution in [2.45, 2.75) is 129 Å². The summed E-state index contributed by atoms with van der Waals surface area (Å²) >= 11 is 0. The molecule has 0 aliphatic rings. The first kappa shape index (κ1) is 31.9. The molecule has 1 atom stereocenters. The van der Waals surface area contributed by atoms with E-state index in [0.29, 0.717) is 12.8 Å². The zero-order valence-electron chi connectivity index (χ0n) is 21.3. The van der Waals surface area contributed by atoms with Gasteiger partial charge in [0.15, 0.2) is 5.41 Å². The summed E-state index contributed by atoms with van der Waals surface area (Å²) in [6, 6.07) is 0. The van der Waals surface area contributed by atoms with Gasteiger partial charge in [-0.05, 0) is 13.3 Å². The first-order chi connectivity index (χ1) is 16.1. The predicted molar refractivity (Wildman–Crippen MR) is 131 cm³/mol. The number of carboxylic acid groups (broad SMARTS) is 3. The summed E-state index contributed by atoms with van der Waals surface area (Å²) in [5, 5.41) is 28.9. The number of aliphatic carboxylic acids is 3. The minimum atomic E-state index is -2.66. The molecule has 0 bridgehead atoms. The first-order valence-electron chi connectivity index (χ1n) is 13.0. The third kappa shape index (κ3) is 10.4. The average molecular weight is 486 g/mol. The van der Waals surface area contributed by atoms with E-state index in [-0.39, 0.29) is 6.42 Å². The summed E-state index contributed by atoms with van der Waals surface area (Å²) in [4.78, 5) is 47.2. The van der Waals surface area contributed by atoms with Crippen LogP contribution in [0, 0.1) is 10.8 Å². The lowest BCUT2D eigenvalue weighted by Gasteiger charge is -2.39. The monoisotopic (exact) mass is 485 g/mol. The Kier molecular flexibility index (Phi) is 16.3. The molecule has 0 heterocycles. The highest BCUT2D eigenvalue weighted by molar-refractivity contribution is 6.04. The van der Waals surface area contributed by atoms with Crippen LogP contribution in [0.25, 0.3) is 0 Å². The van der Waals surface area contributed by atoms with Crippen molar-refractivity contribution >= 4 is 23.8 Å². The van der Waals surface area contributed by atoms with E-state index in [1.54, 1.807) is 0 Å². The molecule has 0 saturated heterocycles. The van der Waals surface area contributed by atoms with E-state index >= 15 is 0 Å². The molecule has 0 aromatic carbocycles. The van der Waals surface area contributed by atoms with Crippen molar-refractivity contribution in [2.75, 3.05) is 0 Å². The molecule has 8 nitrogen and oxygen atoms in total. The average Bonchev–Trinajstić information content (AvgIpc) is 2.76. The molecule has 0 radical (unpaired) electrons. The summed E-state index contributed by atoms with van der Waals surface area (Å²) < 4.78 is 0. The second kappa shape index (κ2) is 17.3. The number of primary amides is 1. The van der Waals surface area contributed by atoms with E-state index in [1.165, 1.54) is 64.2 Å². The van der Waals surface area contributed by atoms with Crippen molar-refractivity contribution in [3.8, 4) is 0 Å². The van der Waals surface area contributed by atoms with E-state index in [9.17, 15) is 34.5 Å². The van der Waals surface area contributed by atoms with Gasteiger partial charge in [0, 0.05) is 6.42 Å². The van der Waals surface area contributed by atoms with Crippen LogP contribution in [0.2, 0.25) is 0 Å². The Bertz CT molecular complexity index is 621. The summed E-state index contributed by atoms with van der Waals surface area (Å²) in [6.07, 6.45) is 17.1. The third-order valence-electron chi connectivity index (χ3n) is 7.16. The van der Waals surface area contributed by atoms with Crippen LogP contribution in [0.4, 0.5) is 0 Å². The number of hydrogen-bond acceptors (Lipinski definition) is 4. The summed E-state index contributed by atoms with van der Waals surface area (Å²) in [7, 11) is 0.